The number of hydrogen-bond donors (Lipinski definition) is 1. The summed E-state index contributed by atoms with van der Waals surface area (Å²) in [7, 11) is -2.74. The molecular weight excluding hydrogens is 354 g/mol. The number of carboxylic acids is 1. The van der Waals surface area contributed by atoms with Crippen molar-refractivity contribution in [3.8, 4) is 0 Å². The molecule has 1 atom stereocenters. The predicted octanol–water partition coefficient (Wildman–Crippen LogP) is 2.17. The molecule has 1 aromatic heterocycles. The minimum absolute atomic E-state index is 0.0289. The van der Waals surface area contributed by atoms with Crippen LogP contribution in [-0.2, 0) is 19.6 Å². The van der Waals surface area contributed by atoms with Crippen LogP contribution in [-0.4, -0.2) is 49.5 Å². The van der Waals surface area contributed by atoms with E-state index < -0.39 is 28.0 Å². The Hall–Kier alpha value is -1.97. The van der Waals surface area contributed by atoms with Crippen LogP contribution in [0.3, 0.4) is 0 Å². The maximum Gasteiger partial charge on any atom is 0.348 e. The van der Waals surface area contributed by atoms with E-state index >= 15 is 0 Å². The van der Waals surface area contributed by atoms with Gasteiger partial charge >= 0.3 is 11.9 Å². The Morgan fingerprint density at radius 3 is 2.58 bits per heavy atom. The molecule has 1 heterocycles. The first-order chi connectivity index (χ1) is 11.2. The Bertz CT molecular complexity index is 887. The Balaban J connectivity index is 2.43. The number of thiophene rings is 1. The molecule has 0 radical (unpaired) electrons. The summed E-state index contributed by atoms with van der Waals surface area (Å²) in [6, 6.07) is 4.79. The fourth-order valence-corrected chi connectivity index (χ4v) is 4.31. The molecule has 0 bridgehead atoms. The highest BCUT2D eigenvalue weighted by Gasteiger charge is 2.29. The summed E-state index contributed by atoms with van der Waals surface area (Å²) in [6.45, 7) is 3.25. The van der Waals surface area contributed by atoms with Crippen LogP contribution in [0, 0.1) is 0 Å². The molecule has 0 amide bonds. The Morgan fingerprint density at radius 1 is 1.33 bits per heavy atom. The lowest BCUT2D eigenvalue weighted by atomic mass is 10.2. The van der Waals surface area contributed by atoms with Gasteiger partial charge in [-0.2, -0.15) is 4.31 Å². The number of carboxylic acid groups (broad SMARTS) is 1. The van der Waals surface area contributed by atoms with Crippen LogP contribution in [0.2, 0.25) is 0 Å². The Labute approximate surface area is 143 Å². The molecule has 2 rings (SSSR count). The van der Waals surface area contributed by atoms with E-state index in [1.54, 1.807) is 19.1 Å². The molecule has 0 saturated carbocycles. The topological polar surface area (TPSA) is 101 Å². The number of benzene rings is 1. The van der Waals surface area contributed by atoms with E-state index in [2.05, 4.69) is 0 Å². The lowest BCUT2D eigenvalue weighted by Crippen LogP contribution is -2.40. The van der Waals surface area contributed by atoms with Gasteiger partial charge in [-0.25, -0.2) is 13.2 Å². The van der Waals surface area contributed by atoms with Crippen LogP contribution in [0.5, 0.6) is 0 Å². The van der Waals surface area contributed by atoms with Gasteiger partial charge in [0.05, 0.1) is 11.5 Å². The van der Waals surface area contributed by atoms with Gasteiger partial charge in [-0.3, -0.25) is 4.79 Å². The monoisotopic (exact) mass is 371 g/mol. The van der Waals surface area contributed by atoms with Crippen molar-refractivity contribution in [1.82, 2.24) is 4.31 Å². The SMILES string of the molecule is CCOC(=O)c1cc2cc(S(=O)(=O)N(C)C(C)C(=O)O)ccc2s1. The van der Waals surface area contributed by atoms with Crippen LogP contribution in [0.15, 0.2) is 29.2 Å². The van der Waals surface area contributed by atoms with Crippen LogP contribution < -0.4 is 0 Å². The molecule has 24 heavy (non-hydrogen) atoms. The van der Waals surface area contributed by atoms with E-state index in [1.165, 1.54) is 37.4 Å². The molecule has 0 spiro atoms. The van der Waals surface area contributed by atoms with Gasteiger partial charge in [0, 0.05) is 11.7 Å². The van der Waals surface area contributed by atoms with Crippen LogP contribution >= 0.6 is 11.3 Å². The van der Waals surface area contributed by atoms with Gasteiger partial charge in [0.25, 0.3) is 0 Å². The second-order valence-corrected chi connectivity index (χ2v) is 8.15. The molecule has 0 saturated heterocycles. The normalized spacial score (nSPS) is 13.2. The van der Waals surface area contributed by atoms with Crippen molar-refractivity contribution in [1.29, 1.82) is 0 Å². The Morgan fingerprint density at radius 2 is 2.00 bits per heavy atom. The zero-order valence-corrected chi connectivity index (χ0v) is 15.0. The van der Waals surface area contributed by atoms with Crippen molar-refractivity contribution in [2.24, 2.45) is 0 Å². The summed E-state index contributed by atoms with van der Waals surface area (Å²) in [4.78, 5) is 23.1. The molecule has 130 valence electrons. The van der Waals surface area contributed by atoms with E-state index in [1.807, 2.05) is 0 Å². The molecule has 1 aromatic carbocycles. The van der Waals surface area contributed by atoms with Gasteiger partial charge in [0.15, 0.2) is 0 Å². The number of esters is 1. The minimum Gasteiger partial charge on any atom is -0.480 e. The first-order valence-corrected chi connectivity index (χ1v) is 9.35. The second kappa shape index (κ2) is 6.88. The highest BCUT2D eigenvalue weighted by atomic mass is 32.2. The van der Waals surface area contributed by atoms with Crippen molar-refractivity contribution in [2.45, 2.75) is 24.8 Å². The average Bonchev–Trinajstić information content (AvgIpc) is 2.96. The lowest BCUT2D eigenvalue weighted by molar-refractivity contribution is -0.140. The number of likely N-dealkylation sites (N-methyl/N-ethyl adjacent to an activating group) is 1. The molecule has 0 aliphatic rings. The first kappa shape index (κ1) is 18.4. The zero-order chi connectivity index (χ0) is 18.1. The number of carbonyl (C=O) groups excluding carboxylic acids is 1. The van der Waals surface area contributed by atoms with Gasteiger partial charge in [-0.15, -0.1) is 11.3 Å². The molecule has 0 fully saturated rings. The van der Waals surface area contributed by atoms with E-state index in [9.17, 15) is 18.0 Å². The summed E-state index contributed by atoms with van der Waals surface area (Å²) in [5.41, 5.74) is 0. The van der Waals surface area contributed by atoms with E-state index in [0.717, 1.165) is 9.01 Å². The summed E-state index contributed by atoms with van der Waals surface area (Å²) in [6.07, 6.45) is 0. The maximum absolute atomic E-state index is 12.5. The minimum atomic E-state index is -3.95. The van der Waals surface area contributed by atoms with E-state index in [-0.39, 0.29) is 11.5 Å². The number of rotatable bonds is 6. The van der Waals surface area contributed by atoms with E-state index in [0.29, 0.717) is 10.3 Å². The third-order valence-corrected chi connectivity index (χ3v) is 6.56. The third kappa shape index (κ3) is 3.42. The van der Waals surface area contributed by atoms with Crippen molar-refractivity contribution >= 4 is 43.4 Å². The van der Waals surface area contributed by atoms with Gasteiger partial charge in [0.1, 0.15) is 10.9 Å². The zero-order valence-electron chi connectivity index (χ0n) is 13.3. The van der Waals surface area contributed by atoms with Crippen molar-refractivity contribution in [3.05, 3.63) is 29.1 Å². The molecule has 7 nitrogen and oxygen atoms in total. The molecule has 9 heteroatoms. The first-order valence-electron chi connectivity index (χ1n) is 7.10. The van der Waals surface area contributed by atoms with Crippen LogP contribution in [0.1, 0.15) is 23.5 Å². The van der Waals surface area contributed by atoms with Crippen molar-refractivity contribution in [2.75, 3.05) is 13.7 Å². The summed E-state index contributed by atoms with van der Waals surface area (Å²) >= 11 is 1.21. The lowest BCUT2D eigenvalue weighted by Gasteiger charge is -2.21. The van der Waals surface area contributed by atoms with Gasteiger partial charge < -0.3 is 9.84 Å². The maximum atomic E-state index is 12.5. The Kier molecular flexibility index (Phi) is 5.26. The molecule has 1 unspecified atom stereocenters. The van der Waals surface area contributed by atoms with Crippen molar-refractivity contribution in [3.63, 3.8) is 0 Å². The van der Waals surface area contributed by atoms with Gasteiger partial charge in [0.2, 0.25) is 10.0 Å². The largest absolute Gasteiger partial charge is 0.480 e. The molecule has 1 N–H and O–H groups in total. The second-order valence-electron chi connectivity index (χ2n) is 5.07. The third-order valence-electron chi connectivity index (χ3n) is 3.54. The smallest absolute Gasteiger partial charge is 0.348 e. The number of fused-ring (bicyclic) bond motifs is 1. The number of carbonyl (C=O) groups is 2. The molecular formula is C15H17NO6S2. The van der Waals surface area contributed by atoms with Gasteiger partial charge in [-0.1, -0.05) is 0 Å². The number of hydrogen-bond acceptors (Lipinski definition) is 6. The van der Waals surface area contributed by atoms with Gasteiger partial charge in [-0.05, 0) is 43.5 Å². The number of ether oxygens (including phenoxy) is 1. The summed E-state index contributed by atoms with van der Waals surface area (Å²) in [5, 5.41) is 9.58. The van der Waals surface area contributed by atoms with Crippen molar-refractivity contribution < 1.29 is 27.9 Å². The molecule has 0 aliphatic heterocycles. The fraction of sp³-hybridized carbons (Fsp3) is 0.333. The van der Waals surface area contributed by atoms with Crippen LogP contribution in [0.25, 0.3) is 10.1 Å². The number of sulfonamides is 1. The fourth-order valence-electron chi connectivity index (χ4n) is 2.01. The average molecular weight is 371 g/mol. The molecule has 0 aliphatic carbocycles. The molecule has 2 aromatic rings. The van der Waals surface area contributed by atoms with Crippen LogP contribution in [0.4, 0.5) is 0 Å². The summed E-state index contributed by atoms with van der Waals surface area (Å²) < 4.78 is 31.6. The van der Waals surface area contributed by atoms with E-state index in [4.69, 9.17) is 9.84 Å². The predicted molar refractivity (Wildman–Crippen MR) is 89.8 cm³/mol. The quantitative estimate of drug-likeness (QED) is 0.781. The number of nitrogens with zero attached hydrogens (tertiary/aromatic N) is 1. The number of aliphatic carboxylic acids is 1. The standard InChI is InChI=1S/C15H17NO6S2/c1-4-22-15(19)13-8-10-7-11(5-6-12(10)23-13)24(20,21)16(3)9(2)14(17)18/h5-9H,4H2,1-3H3,(H,17,18). The highest BCUT2D eigenvalue weighted by Crippen LogP contribution is 2.29. The highest BCUT2D eigenvalue weighted by molar-refractivity contribution is 7.89. The summed E-state index contributed by atoms with van der Waals surface area (Å²) in [5.74, 6) is -1.69.